The summed E-state index contributed by atoms with van der Waals surface area (Å²) in [5.74, 6) is 2.43. The van der Waals surface area contributed by atoms with Gasteiger partial charge >= 0.3 is 0 Å². The molecule has 28 heavy (non-hydrogen) atoms. The maximum atomic E-state index is 13.3. The van der Waals surface area contributed by atoms with Gasteiger partial charge < -0.3 is 19.5 Å². The van der Waals surface area contributed by atoms with E-state index in [1.807, 2.05) is 24.3 Å². The Morgan fingerprint density at radius 3 is 2.50 bits per heavy atom. The first-order valence-electron chi connectivity index (χ1n) is 10.4. The van der Waals surface area contributed by atoms with E-state index >= 15 is 0 Å². The molecule has 0 radical (unpaired) electrons. The van der Waals surface area contributed by atoms with Gasteiger partial charge in [-0.3, -0.25) is 4.79 Å². The molecule has 1 N–H and O–H groups in total. The number of methoxy groups -OCH3 is 1. The van der Waals surface area contributed by atoms with E-state index in [2.05, 4.69) is 22.3 Å². The van der Waals surface area contributed by atoms with Crippen LogP contribution in [0.15, 0.2) is 28.8 Å². The molecule has 1 aromatic heterocycles. The molecule has 1 aromatic carbocycles. The number of ether oxygens (including phenoxy) is 1. The van der Waals surface area contributed by atoms with E-state index in [1.165, 1.54) is 25.7 Å². The monoisotopic (exact) mass is 383 g/mol. The van der Waals surface area contributed by atoms with Crippen LogP contribution in [0, 0.1) is 5.92 Å². The standard InChI is InChI=1S/C22H29N3O3/c1-15(16-7-3-4-8-16)23-22(26)19-20(17-9-11-18(27-2)12-10-17)28-24-21(19)25-13-5-6-14-25/h9-12,15-16H,3-8,13-14H2,1-2H3,(H,23,26). The molecular formula is C22H29N3O3. The van der Waals surface area contributed by atoms with E-state index in [1.54, 1.807) is 7.11 Å². The van der Waals surface area contributed by atoms with Gasteiger partial charge in [0.05, 0.1) is 7.11 Å². The van der Waals surface area contributed by atoms with Crippen LogP contribution >= 0.6 is 0 Å². The Morgan fingerprint density at radius 1 is 1.18 bits per heavy atom. The molecule has 1 aliphatic carbocycles. The normalized spacial score (nSPS) is 18.4. The topological polar surface area (TPSA) is 67.6 Å². The third-order valence-electron chi connectivity index (χ3n) is 6.12. The van der Waals surface area contributed by atoms with Crippen LogP contribution in [0.4, 0.5) is 5.82 Å². The highest BCUT2D eigenvalue weighted by Crippen LogP contribution is 2.34. The minimum absolute atomic E-state index is 0.0895. The smallest absolute Gasteiger partial charge is 0.259 e. The van der Waals surface area contributed by atoms with Gasteiger partial charge in [-0.1, -0.05) is 18.0 Å². The van der Waals surface area contributed by atoms with Crippen LogP contribution < -0.4 is 15.0 Å². The average molecular weight is 383 g/mol. The van der Waals surface area contributed by atoms with Crippen molar-refractivity contribution in [3.8, 4) is 17.1 Å². The SMILES string of the molecule is COc1ccc(-c2onc(N3CCCC3)c2C(=O)NC(C)C2CCCC2)cc1. The average Bonchev–Trinajstić information content (AvgIpc) is 3.49. The molecule has 1 atom stereocenters. The van der Waals surface area contributed by atoms with E-state index in [0.717, 1.165) is 37.2 Å². The number of rotatable bonds is 6. The van der Waals surface area contributed by atoms with Gasteiger partial charge in [-0.25, -0.2) is 0 Å². The van der Waals surface area contributed by atoms with Gasteiger partial charge in [0.15, 0.2) is 11.6 Å². The van der Waals surface area contributed by atoms with E-state index in [9.17, 15) is 4.79 Å². The molecule has 1 saturated heterocycles. The maximum absolute atomic E-state index is 13.3. The molecule has 1 unspecified atom stereocenters. The van der Waals surface area contributed by atoms with Gasteiger partial charge in [-0.15, -0.1) is 0 Å². The summed E-state index contributed by atoms with van der Waals surface area (Å²) in [5, 5.41) is 7.53. The number of carbonyl (C=O) groups is 1. The zero-order valence-electron chi connectivity index (χ0n) is 16.7. The second kappa shape index (κ2) is 8.25. The Bertz CT molecular complexity index is 803. The zero-order chi connectivity index (χ0) is 19.5. The predicted octanol–water partition coefficient (Wildman–Crippen LogP) is 4.26. The number of anilines is 1. The van der Waals surface area contributed by atoms with Crippen molar-refractivity contribution < 1.29 is 14.1 Å². The van der Waals surface area contributed by atoms with Crippen LogP contribution in [-0.4, -0.2) is 37.3 Å². The highest BCUT2D eigenvalue weighted by atomic mass is 16.5. The van der Waals surface area contributed by atoms with Crippen molar-refractivity contribution in [2.75, 3.05) is 25.1 Å². The van der Waals surface area contributed by atoms with Crippen LogP contribution in [0.25, 0.3) is 11.3 Å². The van der Waals surface area contributed by atoms with Crippen molar-refractivity contribution in [3.63, 3.8) is 0 Å². The Kier molecular flexibility index (Phi) is 5.55. The number of aromatic nitrogens is 1. The Hall–Kier alpha value is -2.50. The van der Waals surface area contributed by atoms with E-state index < -0.39 is 0 Å². The first-order chi connectivity index (χ1) is 13.7. The van der Waals surface area contributed by atoms with E-state index in [-0.39, 0.29) is 11.9 Å². The van der Waals surface area contributed by atoms with Gasteiger partial charge in [-0.2, -0.15) is 0 Å². The lowest BCUT2D eigenvalue weighted by molar-refractivity contribution is 0.0928. The molecule has 6 heteroatoms. The number of carbonyl (C=O) groups excluding carboxylic acids is 1. The van der Waals surface area contributed by atoms with Gasteiger partial charge in [0.1, 0.15) is 11.3 Å². The van der Waals surface area contributed by atoms with Crippen molar-refractivity contribution in [3.05, 3.63) is 29.8 Å². The summed E-state index contributed by atoms with van der Waals surface area (Å²) in [6.45, 7) is 3.93. The molecule has 2 aliphatic rings. The highest BCUT2D eigenvalue weighted by Gasteiger charge is 2.31. The summed E-state index contributed by atoms with van der Waals surface area (Å²) in [6.07, 6.45) is 7.13. The molecule has 1 aliphatic heterocycles. The Morgan fingerprint density at radius 2 is 1.86 bits per heavy atom. The van der Waals surface area contributed by atoms with Gasteiger partial charge in [0.2, 0.25) is 0 Å². The van der Waals surface area contributed by atoms with E-state index in [0.29, 0.717) is 23.1 Å². The fourth-order valence-electron chi connectivity index (χ4n) is 4.42. The highest BCUT2D eigenvalue weighted by molar-refractivity contribution is 6.04. The molecule has 1 amide bonds. The largest absolute Gasteiger partial charge is 0.497 e. The molecule has 2 aromatic rings. The predicted molar refractivity (Wildman–Crippen MR) is 109 cm³/mol. The molecule has 6 nitrogen and oxygen atoms in total. The Balaban J connectivity index is 1.65. The van der Waals surface area contributed by atoms with Crippen LogP contribution in [0.3, 0.4) is 0 Å². The lowest BCUT2D eigenvalue weighted by atomic mass is 9.99. The minimum atomic E-state index is -0.0895. The van der Waals surface area contributed by atoms with Crippen molar-refractivity contribution in [1.82, 2.24) is 10.5 Å². The Labute approximate surface area is 166 Å². The van der Waals surface area contributed by atoms with Gasteiger partial charge in [0.25, 0.3) is 5.91 Å². The molecule has 4 rings (SSSR count). The fourth-order valence-corrected chi connectivity index (χ4v) is 4.42. The lowest BCUT2D eigenvalue weighted by Crippen LogP contribution is -2.38. The van der Waals surface area contributed by atoms with E-state index in [4.69, 9.17) is 9.26 Å². The van der Waals surface area contributed by atoms with Crippen molar-refractivity contribution in [2.24, 2.45) is 5.92 Å². The van der Waals surface area contributed by atoms with Crippen molar-refractivity contribution >= 4 is 11.7 Å². The number of amides is 1. The summed E-state index contributed by atoms with van der Waals surface area (Å²) in [7, 11) is 1.64. The number of nitrogens with zero attached hydrogens (tertiary/aromatic N) is 2. The number of hydrogen-bond acceptors (Lipinski definition) is 5. The van der Waals surface area contributed by atoms with Crippen LogP contribution in [-0.2, 0) is 0 Å². The van der Waals surface area contributed by atoms with Crippen LogP contribution in [0.2, 0.25) is 0 Å². The molecule has 0 spiro atoms. The number of hydrogen-bond donors (Lipinski definition) is 1. The van der Waals surface area contributed by atoms with Crippen LogP contribution in [0.5, 0.6) is 5.75 Å². The van der Waals surface area contributed by atoms with Gasteiger partial charge in [-0.05, 0) is 62.8 Å². The number of benzene rings is 1. The second-order valence-corrected chi connectivity index (χ2v) is 7.94. The summed E-state index contributed by atoms with van der Waals surface area (Å²) in [6, 6.07) is 7.71. The van der Waals surface area contributed by atoms with Crippen molar-refractivity contribution in [2.45, 2.75) is 51.5 Å². The van der Waals surface area contributed by atoms with Crippen LogP contribution in [0.1, 0.15) is 55.8 Å². The summed E-state index contributed by atoms with van der Waals surface area (Å²) >= 11 is 0. The molecule has 1 saturated carbocycles. The zero-order valence-corrected chi connectivity index (χ0v) is 16.7. The number of nitrogens with one attached hydrogen (secondary N) is 1. The molecule has 2 fully saturated rings. The quantitative estimate of drug-likeness (QED) is 0.807. The molecular weight excluding hydrogens is 354 g/mol. The summed E-state index contributed by atoms with van der Waals surface area (Å²) < 4.78 is 10.9. The first-order valence-corrected chi connectivity index (χ1v) is 10.4. The minimum Gasteiger partial charge on any atom is -0.497 e. The fraction of sp³-hybridized carbons (Fsp3) is 0.545. The van der Waals surface area contributed by atoms with Crippen molar-refractivity contribution in [1.29, 1.82) is 0 Å². The first kappa shape index (κ1) is 18.8. The van der Waals surface area contributed by atoms with Gasteiger partial charge in [0, 0.05) is 24.7 Å². The third-order valence-corrected chi connectivity index (χ3v) is 6.12. The maximum Gasteiger partial charge on any atom is 0.259 e. The lowest BCUT2D eigenvalue weighted by Gasteiger charge is -2.21. The third kappa shape index (κ3) is 3.73. The molecule has 0 bridgehead atoms. The molecule has 150 valence electrons. The second-order valence-electron chi connectivity index (χ2n) is 7.94. The summed E-state index contributed by atoms with van der Waals surface area (Å²) in [5.41, 5.74) is 1.38. The summed E-state index contributed by atoms with van der Waals surface area (Å²) in [4.78, 5) is 15.5. The molecule has 2 heterocycles.